The van der Waals surface area contributed by atoms with Crippen molar-refractivity contribution >= 4 is 39.5 Å². The zero-order valence-corrected chi connectivity index (χ0v) is 61.3. The van der Waals surface area contributed by atoms with Crippen LogP contribution in [0.2, 0.25) is 0 Å². The summed E-state index contributed by atoms with van der Waals surface area (Å²) in [6.07, 6.45) is 44.5. The lowest BCUT2D eigenvalue weighted by Crippen LogP contribution is -2.30. The first-order valence-electron chi connectivity index (χ1n) is 37.2. The first-order chi connectivity index (χ1) is 43.6. The van der Waals surface area contributed by atoms with Gasteiger partial charge < -0.3 is 33.8 Å². The first-order valence-corrected chi connectivity index (χ1v) is 40.2. The Kier molecular flexibility index (Phi) is 60.3. The van der Waals surface area contributed by atoms with Crippen molar-refractivity contribution in [3.63, 3.8) is 0 Å². The molecule has 540 valence electrons. The van der Waals surface area contributed by atoms with E-state index >= 15 is 0 Å². The molecule has 0 fully saturated rings. The minimum atomic E-state index is -4.95. The summed E-state index contributed by atoms with van der Waals surface area (Å²) in [5.74, 6) is 0.868. The number of aliphatic hydroxyl groups excluding tert-OH is 1. The summed E-state index contributed by atoms with van der Waals surface area (Å²) in [4.78, 5) is 72.6. The Morgan fingerprint density at radius 2 is 0.527 bits per heavy atom. The lowest BCUT2D eigenvalue weighted by molar-refractivity contribution is -0.161. The van der Waals surface area contributed by atoms with Crippen LogP contribution < -0.4 is 0 Å². The van der Waals surface area contributed by atoms with Gasteiger partial charge in [-0.05, 0) is 49.4 Å². The maximum absolute atomic E-state index is 13.0. The van der Waals surface area contributed by atoms with Crippen LogP contribution in [0.5, 0.6) is 0 Å². The van der Waals surface area contributed by atoms with Crippen LogP contribution in [0.3, 0.4) is 0 Å². The average Bonchev–Trinajstić information content (AvgIpc) is 3.34. The van der Waals surface area contributed by atoms with Gasteiger partial charge in [0.1, 0.15) is 19.3 Å². The molecule has 91 heavy (non-hydrogen) atoms. The quantitative estimate of drug-likeness (QED) is 0.0222. The Bertz CT molecular complexity index is 1800. The Labute approximate surface area is 556 Å². The van der Waals surface area contributed by atoms with Crippen LogP contribution in [0.25, 0.3) is 0 Å². The molecule has 0 heterocycles. The third-order valence-electron chi connectivity index (χ3n) is 16.9. The molecule has 6 atom stereocenters. The summed E-state index contributed by atoms with van der Waals surface area (Å²) in [7, 11) is -9.91. The highest BCUT2D eigenvalue weighted by Crippen LogP contribution is 2.45. The van der Waals surface area contributed by atoms with Crippen molar-refractivity contribution in [1.82, 2.24) is 0 Å². The number of hydrogen-bond donors (Lipinski definition) is 3. The SMILES string of the molecule is CCC(C)CCCCCCCCC(=O)O[C@H](COC(=O)CCCCCCCCCCC(C)C)COP(=O)(O)OCC(O)COP(=O)(O)OC[C@@H](COC(=O)CCCCCCCCCCCCCCCCC(C)C)OC(=O)CCCCCCCCCCCCC(C)C. The number of phosphoric acid groups is 2. The molecule has 4 unspecified atom stereocenters. The van der Waals surface area contributed by atoms with E-state index in [0.717, 1.165) is 114 Å². The van der Waals surface area contributed by atoms with Crippen LogP contribution >= 0.6 is 15.6 Å². The minimum absolute atomic E-state index is 0.102. The largest absolute Gasteiger partial charge is 0.472 e. The minimum Gasteiger partial charge on any atom is -0.462 e. The zero-order valence-electron chi connectivity index (χ0n) is 59.5. The molecule has 0 aromatic carbocycles. The number of hydrogen-bond acceptors (Lipinski definition) is 15. The Hall–Kier alpha value is -1.94. The third-order valence-corrected chi connectivity index (χ3v) is 18.8. The number of phosphoric ester groups is 2. The van der Waals surface area contributed by atoms with E-state index in [2.05, 4.69) is 55.4 Å². The van der Waals surface area contributed by atoms with Crippen molar-refractivity contribution in [3.8, 4) is 0 Å². The van der Waals surface area contributed by atoms with Crippen molar-refractivity contribution in [1.29, 1.82) is 0 Å². The van der Waals surface area contributed by atoms with Gasteiger partial charge >= 0.3 is 39.5 Å². The van der Waals surface area contributed by atoms with Gasteiger partial charge in [0.15, 0.2) is 12.2 Å². The standard InChI is InChI=1S/C72H140O17P2/c1-9-65(8)51-43-35-30-31-39-47-55-72(77)89-68(59-83-70(75)53-45-37-28-23-22-26-34-42-50-64(6)7)61-87-91(80,81)85-57-66(73)56-84-90(78,79)86-60-67(88-71(76)54-46-38-29-21-17-16-19-25-33-41-49-63(4)5)58-82-69(74)52-44-36-27-20-15-13-11-10-12-14-18-24-32-40-48-62(2)3/h62-68,73H,9-61H2,1-8H3,(H,78,79)(H,80,81)/t65?,66?,67-,68-/m1/s1. The van der Waals surface area contributed by atoms with E-state index in [1.54, 1.807) is 0 Å². The smallest absolute Gasteiger partial charge is 0.462 e. The Balaban J connectivity index is 5.23. The predicted octanol–water partition coefficient (Wildman–Crippen LogP) is 20.5. The summed E-state index contributed by atoms with van der Waals surface area (Å²) in [6.45, 7) is 14.1. The fraction of sp³-hybridized carbons (Fsp3) is 0.944. The normalized spacial score (nSPS) is 14.5. The number of aliphatic hydroxyl groups is 1. The van der Waals surface area contributed by atoms with E-state index < -0.39 is 97.5 Å². The van der Waals surface area contributed by atoms with Crippen molar-refractivity contribution < 1.29 is 80.2 Å². The first kappa shape index (κ1) is 89.1. The van der Waals surface area contributed by atoms with Crippen molar-refractivity contribution in [2.24, 2.45) is 23.7 Å². The highest BCUT2D eigenvalue weighted by molar-refractivity contribution is 7.47. The molecule has 3 N–H and O–H groups in total. The van der Waals surface area contributed by atoms with Crippen LogP contribution in [0.15, 0.2) is 0 Å². The third kappa shape index (κ3) is 65.1. The van der Waals surface area contributed by atoms with E-state index in [0.29, 0.717) is 25.7 Å². The van der Waals surface area contributed by atoms with Gasteiger partial charge in [-0.15, -0.1) is 0 Å². The van der Waals surface area contributed by atoms with Gasteiger partial charge in [-0.3, -0.25) is 37.3 Å². The molecular weight excluding hydrogens is 1200 g/mol. The molecule has 0 amide bonds. The monoisotopic (exact) mass is 1340 g/mol. The number of esters is 4. The van der Waals surface area contributed by atoms with Gasteiger partial charge in [0.2, 0.25) is 0 Å². The van der Waals surface area contributed by atoms with E-state index in [9.17, 15) is 43.2 Å². The van der Waals surface area contributed by atoms with Gasteiger partial charge in [-0.1, -0.05) is 306 Å². The van der Waals surface area contributed by atoms with E-state index in [1.165, 1.54) is 161 Å². The van der Waals surface area contributed by atoms with Crippen LogP contribution in [0.4, 0.5) is 0 Å². The molecule has 0 aliphatic heterocycles. The maximum atomic E-state index is 13.0. The number of carbonyl (C=O) groups excluding carboxylic acids is 4. The molecule has 0 aliphatic rings. The Morgan fingerprint density at radius 3 is 0.780 bits per heavy atom. The van der Waals surface area contributed by atoms with Crippen LogP contribution in [0.1, 0.15) is 357 Å². The molecular formula is C72H140O17P2. The molecule has 0 rings (SSSR count). The number of rotatable bonds is 69. The van der Waals surface area contributed by atoms with Gasteiger partial charge in [-0.25, -0.2) is 9.13 Å². The second-order valence-corrected chi connectivity index (χ2v) is 30.6. The molecule has 0 aromatic rings. The lowest BCUT2D eigenvalue weighted by atomic mass is 10.00. The van der Waals surface area contributed by atoms with Crippen molar-refractivity contribution in [3.05, 3.63) is 0 Å². The molecule has 19 heteroatoms. The highest BCUT2D eigenvalue weighted by atomic mass is 31.2. The highest BCUT2D eigenvalue weighted by Gasteiger charge is 2.30. The van der Waals surface area contributed by atoms with Gasteiger partial charge in [0, 0.05) is 25.7 Å². The van der Waals surface area contributed by atoms with Crippen LogP contribution in [0, 0.1) is 23.7 Å². The maximum Gasteiger partial charge on any atom is 0.472 e. The molecule has 0 bridgehead atoms. The number of unbranched alkanes of at least 4 members (excludes halogenated alkanes) is 34. The van der Waals surface area contributed by atoms with E-state index in [1.807, 2.05) is 0 Å². The summed E-state index contributed by atoms with van der Waals surface area (Å²) < 4.78 is 68.3. The molecule has 0 aliphatic carbocycles. The Morgan fingerprint density at radius 1 is 0.308 bits per heavy atom. The van der Waals surface area contributed by atoms with E-state index in [4.69, 9.17) is 37.0 Å². The van der Waals surface area contributed by atoms with Crippen LogP contribution in [-0.2, 0) is 65.4 Å². The fourth-order valence-electron chi connectivity index (χ4n) is 10.8. The average molecular weight is 1340 g/mol. The fourth-order valence-corrected chi connectivity index (χ4v) is 12.4. The molecule has 0 saturated heterocycles. The summed E-state index contributed by atoms with van der Waals surface area (Å²) in [6, 6.07) is 0. The van der Waals surface area contributed by atoms with E-state index in [-0.39, 0.29) is 25.7 Å². The molecule has 0 spiro atoms. The van der Waals surface area contributed by atoms with Crippen molar-refractivity contribution in [2.75, 3.05) is 39.6 Å². The lowest BCUT2D eigenvalue weighted by Gasteiger charge is -2.21. The molecule has 17 nitrogen and oxygen atoms in total. The van der Waals surface area contributed by atoms with Crippen LogP contribution in [-0.4, -0.2) is 96.7 Å². The zero-order chi connectivity index (χ0) is 67.5. The second-order valence-electron chi connectivity index (χ2n) is 27.6. The molecule has 0 aromatic heterocycles. The number of ether oxygens (including phenoxy) is 4. The topological polar surface area (TPSA) is 237 Å². The second kappa shape index (κ2) is 61.6. The van der Waals surface area contributed by atoms with Gasteiger partial charge in [0.05, 0.1) is 26.4 Å². The molecule has 0 saturated carbocycles. The predicted molar refractivity (Wildman–Crippen MR) is 367 cm³/mol. The summed E-state index contributed by atoms with van der Waals surface area (Å²) >= 11 is 0. The molecule has 0 radical (unpaired) electrons. The summed E-state index contributed by atoms with van der Waals surface area (Å²) in [5.41, 5.74) is 0. The summed E-state index contributed by atoms with van der Waals surface area (Å²) in [5, 5.41) is 10.6. The number of carbonyl (C=O) groups is 4. The van der Waals surface area contributed by atoms with Gasteiger partial charge in [0.25, 0.3) is 0 Å². The van der Waals surface area contributed by atoms with Gasteiger partial charge in [-0.2, -0.15) is 0 Å². The van der Waals surface area contributed by atoms with Crippen molar-refractivity contribution in [2.45, 2.75) is 375 Å².